The van der Waals surface area contributed by atoms with Gasteiger partial charge in [0.05, 0.1) is 0 Å². The first-order chi connectivity index (χ1) is 11.9. The first-order valence-electron chi connectivity index (χ1n) is 7.41. The number of hydrogen-bond acceptors (Lipinski definition) is 3. The molecule has 0 radical (unpaired) electrons. The number of carbonyl (C=O) groups is 1. The second-order valence-electron chi connectivity index (χ2n) is 5.45. The minimum Gasteiger partial charge on any atom is -0.488 e. The predicted molar refractivity (Wildman–Crippen MR) is 101 cm³/mol. The van der Waals surface area contributed by atoms with E-state index in [0.717, 1.165) is 15.6 Å². The standard InChI is InChI=1S/C18H14BrFN2O2S/c1-22-17(23)15(21-18(22)25)9-12-8-13(19)4-7-16(12)24-10-11-2-5-14(20)6-3-11/h2-9H,10H2,1H3,(H,21,25)/b15-9-. The Kier molecular flexibility index (Phi) is 5.15. The highest BCUT2D eigenvalue weighted by Crippen LogP contribution is 2.27. The van der Waals surface area contributed by atoms with Gasteiger partial charge in [0.1, 0.15) is 23.9 Å². The lowest BCUT2D eigenvalue weighted by atomic mass is 10.1. The van der Waals surface area contributed by atoms with Crippen LogP contribution in [0.3, 0.4) is 0 Å². The Morgan fingerprint density at radius 2 is 2.00 bits per heavy atom. The number of benzene rings is 2. The number of thiocarbonyl (C=S) groups is 1. The van der Waals surface area contributed by atoms with E-state index in [1.807, 2.05) is 18.2 Å². The molecule has 2 aromatic rings. The van der Waals surface area contributed by atoms with Crippen LogP contribution in [0, 0.1) is 5.82 Å². The molecule has 0 unspecified atom stereocenters. The molecule has 1 N–H and O–H groups in total. The SMILES string of the molecule is CN1C(=O)/C(=C/c2cc(Br)ccc2OCc2ccc(F)cc2)NC1=S. The van der Waals surface area contributed by atoms with Crippen LogP contribution in [0.2, 0.25) is 0 Å². The van der Waals surface area contributed by atoms with Crippen LogP contribution in [0.1, 0.15) is 11.1 Å². The third-order valence-electron chi connectivity index (χ3n) is 3.66. The fourth-order valence-corrected chi connectivity index (χ4v) is 2.86. The van der Waals surface area contributed by atoms with E-state index in [-0.39, 0.29) is 18.3 Å². The minimum absolute atomic E-state index is 0.200. The molecule has 0 aromatic heterocycles. The highest BCUT2D eigenvalue weighted by molar-refractivity contribution is 9.10. The van der Waals surface area contributed by atoms with Crippen LogP contribution < -0.4 is 10.1 Å². The van der Waals surface area contributed by atoms with Gasteiger partial charge in [-0.15, -0.1) is 0 Å². The summed E-state index contributed by atoms with van der Waals surface area (Å²) in [5, 5.41) is 3.25. The van der Waals surface area contributed by atoms with E-state index in [4.69, 9.17) is 17.0 Å². The maximum atomic E-state index is 13.0. The molecule has 1 heterocycles. The zero-order chi connectivity index (χ0) is 18.0. The number of amides is 1. The molecule has 1 aliphatic heterocycles. The Bertz CT molecular complexity index is 868. The topological polar surface area (TPSA) is 41.6 Å². The normalized spacial score (nSPS) is 15.6. The van der Waals surface area contributed by atoms with Crippen molar-refractivity contribution >= 4 is 45.2 Å². The second-order valence-corrected chi connectivity index (χ2v) is 6.75. The van der Waals surface area contributed by atoms with E-state index in [1.165, 1.54) is 17.0 Å². The molecule has 0 aliphatic carbocycles. The van der Waals surface area contributed by atoms with Crippen LogP contribution in [0.15, 0.2) is 52.6 Å². The molecule has 1 amide bonds. The van der Waals surface area contributed by atoms with Gasteiger partial charge in [-0.1, -0.05) is 28.1 Å². The molecule has 0 atom stereocenters. The van der Waals surface area contributed by atoms with E-state index in [0.29, 0.717) is 16.6 Å². The summed E-state index contributed by atoms with van der Waals surface area (Å²) in [6, 6.07) is 11.6. The molecule has 1 aliphatic rings. The maximum absolute atomic E-state index is 13.0. The summed E-state index contributed by atoms with van der Waals surface area (Å²) in [4.78, 5) is 13.5. The molecule has 1 saturated heterocycles. The van der Waals surface area contributed by atoms with Crippen LogP contribution in [-0.2, 0) is 11.4 Å². The first kappa shape index (κ1) is 17.6. The number of likely N-dealkylation sites (N-methyl/N-ethyl adjacent to an activating group) is 1. The molecule has 4 nitrogen and oxygen atoms in total. The minimum atomic E-state index is -0.288. The molecule has 0 saturated carbocycles. The summed E-state index contributed by atoms with van der Waals surface area (Å²) in [5.74, 6) is 0.119. The van der Waals surface area contributed by atoms with Gasteiger partial charge < -0.3 is 10.1 Å². The van der Waals surface area contributed by atoms with Crippen LogP contribution in [0.5, 0.6) is 5.75 Å². The van der Waals surface area contributed by atoms with Gasteiger partial charge in [0.25, 0.3) is 5.91 Å². The van der Waals surface area contributed by atoms with Crippen LogP contribution in [0.25, 0.3) is 6.08 Å². The van der Waals surface area contributed by atoms with Crippen LogP contribution >= 0.6 is 28.1 Å². The summed E-state index contributed by atoms with van der Waals surface area (Å²) in [6.07, 6.45) is 1.70. The molecule has 3 rings (SSSR count). The summed E-state index contributed by atoms with van der Waals surface area (Å²) in [5.41, 5.74) is 1.96. The zero-order valence-corrected chi connectivity index (χ0v) is 15.7. The van der Waals surface area contributed by atoms with Gasteiger partial charge in [0.15, 0.2) is 5.11 Å². The number of rotatable bonds is 4. The Morgan fingerprint density at radius 1 is 1.28 bits per heavy atom. The van der Waals surface area contributed by atoms with E-state index in [2.05, 4.69) is 21.2 Å². The summed E-state index contributed by atoms with van der Waals surface area (Å²) in [6.45, 7) is 0.289. The average molecular weight is 421 g/mol. The van der Waals surface area contributed by atoms with Crippen molar-refractivity contribution in [3.8, 4) is 5.75 Å². The second kappa shape index (κ2) is 7.33. The van der Waals surface area contributed by atoms with Crippen molar-refractivity contribution in [2.45, 2.75) is 6.61 Å². The van der Waals surface area contributed by atoms with Crippen molar-refractivity contribution in [1.29, 1.82) is 0 Å². The fraction of sp³-hybridized carbons (Fsp3) is 0.111. The monoisotopic (exact) mass is 420 g/mol. The quantitative estimate of drug-likeness (QED) is 0.602. The smallest absolute Gasteiger partial charge is 0.276 e. The number of nitrogens with one attached hydrogen (secondary N) is 1. The lowest BCUT2D eigenvalue weighted by molar-refractivity contribution is -0.121. The average Bonchev–Trinajstić information content (AvgIpc) is 2.83. The van der Waals surface area contributed by atoms with Crippen molar-refractivity contribution in [3.63, 3.8) is 0 Å². The Balaban J connectivity index is 1.84. The molecule has 0 spiro atoms. The summed E-state index contributed by atoms with van der Waals surface area (Å²) < 4.78 is 19.7. The summed E-state index contributed by atoms with van der Waals surface area (Å²) >= 11 is 8.50. The van der Waals surface area contributed by atoms with Crippen LogP contribution in [-0.4, -0.2) is 23.0 Å². The maximum Gasteiger partial charge on any atom is 0.276 e. The van der Waals surface area contributed by atoms with E-state index in [1.54, 1.807) is 25.3 Å². The zero-order valence-electron chi connectivity index (χ0n) is 13.3. The first-order valence-corrected chi connectivity index (χ1v) is 8.61. The molecule has 25 heavy (non-hydrogen) atoms. The summed E-state index contributed by atoms with van der Waals surface area (Å²) in [7, 11) is 1.62. The number of halogens is 2. The van der Waals surface area contributed by atoms with E-state index >= 15 is 0 Å². The van der Waals surface area contributed by atoms with Crippen LogP contribution in [0.4, 0.5) is 4.39 Å². The van der Waals surface area contributed by atoms with E-state index < -0.39 is 0 Å². The molecule has 0 bridgehead atoms. The lowest BCUT2D eigenvalue weighted by Gasteiger charge is -2.10. The predicted octanol–water partition coefficient (Wildman–Crippen LogP) is 3.85. The lowest BCUT2D eigenvalue weighted by Crippen LogP contribution is -2.25. The van der Waals surface area contributed by atoms with Gasteiger partial charge in [0, 0.05) is 17.1 Å². The number of hydrogen-bond donors (Lipinski definition) is 1. The third-order valence-corrected chi connectivity index (χ3v) is 4.53. The fourth-order valence-electron chi connectivity index (χ4n) is 2.28. The number of ether oxygens (including phenoxy) is 1. The molecule has 1 fully saturated rings. The van der Waals surface area contributed by atoms with Gasteiger partial charge in [-0.2, -0.15) is 0 Å². The largest absolute Gasteiger partial charge is 0.488 e. The third kappa shape index (κ3) is 4.05. The van der Waals surface area contributed by atoms with Crippen molar-refractivity contribution in [1.82, 2.24) is 10.2 Å². The Morgan fingerprint density at radius 3 is 2.64 bits per heavy atom. The van der Waals surface area contributed by atoms with Gasteiger partial charge in [-0.05, 0) is 54.2 Å². The number of nitrogens with zero attached hydrogens (tertiary/aromatic N) is 1. The van der Waals surface area contributed by atoms with Gasteiger partial charge in [-0.25, -0.2) is 4.39 Å². The highest BCUT2D eigenvalue weighted by atomic mass is 79.9. The molecular weight excluding hydrogens is 407 g/mol. The van der Waals surface area contributed by atoms with Gasteiger partial charge >= 0.3 is 0 Å². The van der Waals surface area contributed by atoms with Crippen molar-refractivity contribution in [2.24, 2.45) is 0 Å². The van der Waals surface area contributed by atoms with Gasteiger partial charge in [0.2, 0.25) is 0 Å². The van der Waals surface area contributed by atoms with Gasteiger partial charge in [-0.3, -0.25) is 9.69 Å². The van der Waals surface area contributed by atoms with E-state index in [9.17, 15) is 9.18 Å². The molecular formula is C18H14BrFN2O2S. The van der Waals surface area contributed by atoms with Crippen molar-refractivity contribution < 1.29 is 13.9 Å². The molecule has 128 valence electrons. The molecule has 2 aromatic carbocycles. The Hall–Kier alpha value is -2.25. The number of carbonyl (C=O) groups excluding carboxylic acids is 1. The Labute approximate surface area is 158 Å². The van der Waals surface area contributed by atoms with Crippen molar-refractivity contribution in [3.05, 3.63) is 69.6 Å². The highest BCUT2D eigenvalue weighted by Gasteiger charge is 2.27. The molecule has 7 heteroatoms. The van der Waals surface area contributed by atoms with Crippen molar-refractivity contribution in [2.75, 3.05) is 7.05 Å².